The Kier molecular flexibility index (Phi) is 3.50. The molecule has 2 fully saturated rings. The van der Waals surface area contributed by atoms with E-state index in [1.807, 2.05) is 6.08 Å². The van der Waals surface area contributed by atoms with Gasteiger partial charge in [-0.2, -0.15) is 8.42 Å². The quantitative estimate of drug-likeness (QED) is 0.758. The van der Waals surface area contributed by atoms with Gasteiger partial charge < -0.3 is 0 Å². The van der Waals surface area contributed by atoms with Gasteiger partial charge in [0.25, 0.3) is 0 Å². The van der Waals surface area contributed by atoms with Crippen LogP contribution in [0.15, 0.2) is 35.6 Å². The Morgan fingerprint density at radius 2 is 2.09 bits per heavy atom. The first-order chi connectivity index (χ1) is 10.9. The molecule has 126 valence electrons. The van der Waals surface area contributed by atoms with Gasteiger partial charge in [0.2, 0.25) is 0 Å². The van der Waals surface area contributed by atoms with Gasteiger partial charge in [-0.3, -0.25) is 9.27 Å². The van der Waals surface area contributed by atoms with Gasteiger partial charge in [0.1, 0.15) is 0 Å². The predicted molar refractivity (Wildman–Crippen MR) is 89.8 cm³/mol. The monoisotopic (exact) mass is 335 g/mol. The van der Waals surface area contributed by atoms with E-state index in [1.165, 1.54) is 37.7 Å². The Bertz CT molecular complexity index is 706. The summed E-state index contributed by atoms with van der Waals surface area (Å²) in [5, 5.41) is 0. The average Bonchev–Trinajstić information content (AvgIpc) is 2.86. The van der Waals surface area contributed by atoms with Crippen LogP contribution in [0.5, 0.6) is 0 Å². The topological polar surface area (TPSA) is 66.4 Å². The van der Waals surface area contributed by atoms with Crippen LogP contribution in [0.4, 0.5) is 0 Å². The summed E-state index contributed by atoms with van der Waals surface area (Å²) >= 11 is 0. The first-order valence-corrected chi connectivity index (χ1v) is 10.1. The Morgan fingerprint density at radius 1 is 1.26 bits per heavy atom. The smallest absolute Gasteiger partial charge is 0.269 e. The number of allylic oxidation sites excluding steroid dienone is 5. The van der Waals surface area contributed by atoms with Gasteiger partial charge >= 0.3 is 10.3 Å². The molecule has 0 spiro atoms. The minimum absolute atomic E-state index is 0.408. The van der Waals surface area contributed by atoms with Gasteiger partial charge in [0.05, 0.1) is 5.70 Å². The van der Waals surface area contributed by atoms with Crippen molar-refractivity contribution in [3.05, 3.63) is 35.6 Å². The zero-order valence-electron chi connectivity index (χ0n) is 13.5. The van der Waals surface area contributed by atoms with Crippen LogP contribution in [-0.4, -0.2) is 13.0 Å². The molecule has 4 aliphatic carbocycles. The molecule has 5 atom stereocenters. The number of nitrogens with one attached hydrogen (secondary N) is 1. The lowest BCUT2D eigenvalue weighted by Gasteiger charge is -2.50. The van der Waals surface area contributed by atoms with Crippen LogP contribution in [0, 0.1) is 29.1 Å². The van der Waals surface area contributed by atoms with E-state index in [1.54, 1.807) is 6.08 Å². The fraction of sp³-hybridized carbons (Fsp3) is 0.667. The first-order valence-electron chi connectivity index (χ1n) is 8.71. The van der Waals surface area contributed by atoms with Crippen molar-refractivity contribution in [1.82, 2.24) is 4.72 Å². The molecule has 0 saturated heterocycles. The van der Waals surface area contributed by atoms with Crippen LogP contribution < -0.4 is 4.72 Å². The van der Waals surface area contributed by atoms with Crippen LogP contribution in [0.3, 0.4) is 0 Å². The average molecular weight is 335 g/mol. The normalized spacial score (nSPS) is 42.2. The molecule has 0 aliphatic heterocycles. The second kappa shape index (κ2) is 5.21. The van der Waals surface area contributed by atoms with Crippen LogP contribution in [0.25, 0.3) is 0 Å². The minimum atomic E-state index is -4.20. The molecular weight excluding hydrogens is 310 g/mol. The highest BCUT2D eigenvalue weighted by Gasteiger charge is 2.51. The number of hydrogen-bond donors (Lipinski definition) is 2. The molecule has 2 N–H and O–H groups in total. The molecule has 4 nitrogen and oxygen atoms in total. The Balaban J connectivity index is 1.60. The third-order valence-electron chi connectivity index (χ3n) is 6.80. The fourth-order valence-electron chi connectivity index (χ4n) is 5.81. The molecule has 4 aliphatic rings. The van der Waals surface area contributed by atoms with Crippen molar-refractivity contribution in [3.8, 4) is 0 Å². The lowest BCUT2D eigenvalue weighted by atomic mass is 9.54. The summed E-state index contributed by atoms with van der Waals surface area (Å²) in [6.07, 6.45) is 16.0. The number of rotatable bonds is 2. The highest BCUT2D eigenvalue weighted by molar-refractivity contribution is 7.83. The molecule has 0 bridgehead atoms. The third kappa shape index (κ3) is 2.68. The Labute approximate surface area is 138 Å². The standard InChI is InChI=1S/C18H25NO3S/c1-18-9-2-3-17(18)16-6-4-12-11-13(19-23(20,21)22)5-7-14(12)15(16)8-10-18/h4-5,7,11,14-17,19H,2-3,6,8-10H2,1H3,(H,20,21,22)/t14-,15+,16+,17-,18-/m0/s1. The lowest BCUT2D eigenvalue weighted by molar-refractivity contribution is 0.0246. The molecule has 0 aromatic rings. The predicted octanol–water partition coefficient (Wildman–Crippen LogP) is 3.61. The summed E-state index contributed by atoms with van der Waals surface area (Å²) in [5.74, 6) is 2.73. The molecule has 0 radical (unpaired) electrons. The zero-order valence-corrected chi connectivity index (χ0v) is 14.3. The van der Waals surface area contributed by atoms with Crippen molar-refractivity contribution in [2.24, 2.45) is 29.1 Å². The molecule has 4 rings (SSSR count). The first kappa shape index (κ1) is 15.5. The van der Waals surface area contributed by atoms with Gasteiger partial charge in [-0.05, 0) is 73.0 Å². The summed E-state index contributed by atoms with van der Waals surface area (Å²) in [7, 11) is -4.20. The van der Waals surface area contributed by atoms with Crippen LogP contribution in [-0.2, 0) is 10.3 Å². The Morgan fingerprint density at radius 3 is 2.87 bits per heavy atom. The van der Waals surface area contributed by atoms with Crippen molar-refractivity contribution >= 4 is 10.3 Å². The van der Waals surface area contributed by atoms with Crippen molar-refractivity contribution in [2.75, 3.05) is 0 Å². The summed E-state index contributed by atoms with van der Waals surface area (Å²) in [5.41, 5.74) is 2.22. The highest BCUT2D eigenvalue weighted by atomic mass is 32.2. The van der Waals surface area contributed by atoms with E-state index in [-0.39, 0.29) is 0 Å². The van der Waals surface area contributed by atoms with Crippen LogP contribution in [0.2, 0.25) is 0 Å². The molecule has 5 heteroatoms. The largest absolute Gasteiger partial charge is 0.357 e. The van der Waals surface area contributed by atoms with E-state index in [4.69, 9.17) is 4.55 Å². The maximum atomic E-state index is 11.0. The molecule has 0 unspecified atom stereocenters. The van der Waals surface area contributed by atoms with Crippen LogP contribution >= 0.6 is 0 Å². The molecule has 23 heavy (non-hydrogen) atoms. The fourth-order valence-corrected chi connectivity index (χ4v) is 6.23. The van der Waals surface area contributed by atoms with Gasteiger partial charge in [0, 0.05) is 5.92 Å². The van der Waals surface area contributed by atoms with Gasteiger partial charge in [0.15, 0.2) is 0 Å². The maximum absolute atomic E-state index is 11.0. The van der Waals surface area contributed by atoms with E-state index in [0.717, 1.165) is 18.3 Å². The second-order valence-corrected chi connectivity index (χ2v) is 9.17. The van der Waals surface area contributed by atoms with E-state index < -0.39 is 10.3 Å². The van der Waals surface area contributed by atoms with E-state index >= 15 is 0 Å². The SMILES string of the molecule is C[C@@]12CCC[C@H]1[C@@H]1CC=C3C=C(NS(=O)(=O)O)C=C[C@@H]3[C@H]1CC2. The van der Waals surface area contributed by atoms with Gasteiger partial charge in [-0.25, -0.2) is 0 Å². The zero-order chi connectivity index (χ0) is 16.2. The molecule has 0 amide bonds. The summed E-state index contributed by atoms with van der Waals surface area (Å²) in [6, 6.07) is 0. The minimum Gasteiger partial charge on any atom is -0.269 e. The lowest BCUT2D eigenvalue weighted by Crippen LogP contribution is -2.43. The molecule has 0 aromatic heterocycles. The Hall–Kier alpha value is -1.07. The van der Waals surface area contributed by atoms with E-state index in [2.05, 4.69) is 23.8 Å². The van der Waals surface area contributed by atoms with Crippen molar-refractivity contribution < 1.29 is 13.0 Å². The van der Waals surface area contributed by atoms with Crippen molar-refractivity contribution in [1.29, 1.82) is 0 Å². The molecular formula is C18H25NO3S. The van der Waals surface area contributed by atoms with Crippen LogP contribution in [0.1, 0.15) is 45.4 Å². The van der Waals surface area contributed by atoms with Crippen molar-refractivity contribution in [2.45, 2.75) is 45.4 Å². The number of hydrogen-bond acceptors (Lipinski definition) is 2. The maximum Gasteiger partial charge on any atom is 0.357 e. The van der Waals surface area contributed by atoms with Crippen molar-refractivity contribution in [3.63, 3.8) is 0 Å². The van der Waals surface area contributed by atoms with Gasteiger partial charge in [-0.15, -0.1) is 0 Å². The van der Waals surface area contributed by atoms with E-state index in [0.29, 0.717) is 22.9 Å². The molecule has 0 heterocycles. The second-order valence-electron chi connectivity index (χ2n) is 8.02. The molecule has 0 aromatic carbocycles. The summed E-state index contributed by atoms with van der Waals surface area (Å²) in [6.45, 7) is 2.49. The molecule has 2 saturated carbocycles. The van der Waals surface area contributed by atoms with Gasteiger partial charge in [-0.1, -0.05) is 25.5 Å². The highest BCUT2D eigenvalue weighted by Crippen LogP contribution is 2.60. The van der Waals surface area contributed by atoms with E-state index in [9.17, 15) is 8.42 Å². The summed E-state index contributed by atoms with van der Waals surface area (Å²) < 4.78 is 33.1. The third-order valence-corrected chi connectivity index (χ3v) is 7.29. The number of fused-ring (bicyclic) bond motifs is 5. The summed E-state index contributed by atoms with van der Waals surface area (Å²) in [4.78, 5) is 0.